The average molecular weight is 267 g/mol. The molecule has 2 unspecified atom stereocenters. The number of halogens is 1. The molecule has 3 rings (SSSR count). The SMILES string of the molecule is Oc1c(Cl)cccc1CNC1CCN2CCCC12. The summed E-state index contributed by atoms with van der Waals surface area (Å²) in [5.74, 6) is 0.216. The Morgan fingerprint density at radius 3 is 3.11 bits per heavy atom. The number of aromatic hydroxyl groups is 1. The van der Waals surface area contributed by atoms with Crippen LogP contribution in [0.1, 0.15) is 24.8 Å². The van der Waals surface area contributed by atoms with Crippen LogP contribution >= 0.6 is 11.6 Å². The largest absolute Gasteiger partial charge is 0.506 e. The summed E-state index contributed by atoms with van der Waals surface area (Å²) in [6.07, 6.45) is 3.84. The zero-order valence-corrected chi connectivity index (χ0v) is 11.2. The normalized spacial score (nSPS) is 27.6. The summed E-state index contributed by atoms with van der Waals surface area (Å²) in [7, 11) is 0. The Balaban J connectivity index is 1.63. The topological polar surface area (TPSA) is 35.5 Å². The van der Waals surface area contributed by atoms with E-state index in [0.29, 0.717) is 23.7 Å². The van der Waals surface area contributed by atoms with Crippen molar-refractivity contribution < 1.29 is 5.11 Å². The summed E-state index contributed by atoms with van der Waals surface area (Å²) in [6, 6.07) is 6.79. The van der Waals surface area contributed by atoms with Crippen LogP contribution in [0.15, 0.2) is 18.2 Å². The number of rotatable bonds is 3. The fraction of sp³-hybridized carbons (Fsp3) is 0.571. The third-order valence-electron chi connectivity index (χ3n) is 4.23. The zero-order chi connectivity index (χ0) is 12.5. The summed E-state index contributed by atoms with van der Waals surface area (Å²) in [5, 5.41) is 13.9. The van der Waals surface area contributed by atoms with E-state index >= 15 is 0 Å². The van der Waals surface area contributed by atoms with Crippen molar-refractivity contribution in [3.8, 4) is 5.75 Å². The molecule has 1 aromatic carbocycles. The van der Waals surface area contributed by atoms with E-state index in [0.717, 1.165) is 5.56 Å². The predicted octanol–water partition coefficient (Wildman–Crippen LogP) is 2.37. The second-order valence-corrected chi connectivity index (χ2v) is 5.68. The molecule has 2 fully saturated rings. The van der Waals surface area contributed by atoms with E-state index in [4.69, 9.17) is 11.6 Å². The van der Waals surface area contributed by atoms with Gasteiger partial charge in [0.2, 0.25) is 0 Å². The maximum Gasteiger partial charge on any atom is 0.138 e. The number of phenols is 1. The van der Waals surface area contributed by atoms with Gasteiger partial charge in [-0.05, 0) is 31.9 Å². The Morgan fingerprint density at radius 2 is 2.22 bits per heavy atom. The second kappa shape index (κ2) is 5.08. The maximum atomic E-state index is 9.88. The van der Waals surface area contributed by atoms with Gasteiger partial charge in [-0.1, -0.05) is 23.7 Å². The highest BCUT2D eigenvalue weighted by molar-refractivity contribution is 6.32. The molecule has 4 heteroatoms. The molecule has 2 N–H and O–H groups in total. The maximum absolute atomic E-state index is 9.88. The number of benzene rings is 1. The van der Waals surface area contributed by atoms with Crippen molar-refractivity contribution in [1.82, 2.24) is 10.2 Å². The Kier molecular flexibility index (Phi) is 3.46. The minimum Gasteiger partial charge on any atom is -0.506 e. The summed E-state index contributed by atoms with van der Waals surface area (Å²) < 4.78 is 0. The van der Waals surface area contributed by atoms with Crippen LogP contribution in [0.25, 0.3) is 0 Å². The molecule has 0 amide bonds. The van der Waals surface area contributed by atoms with Gasteiger partial charge in [0.25, 0.3) is 0 Å². The first-order valence-corrected chi connectivity index (χ1v) is 7.07. The third-order valence-corrected chi connectivity index (χ3v) is 4.54. The quantitative estimate of drug-likeness (QED) is 0.882. The fourth-order valence-electron chi connectivity index (χ4n) is 3.26. The van der Waals surface area contributed by atoms with E-state index in [1.165, 1.54) is 32.4 Å². The lowest BCUT2D eigenvalue weighted by molar-refractivity contribution is 0.298. The minimum absolute atomic E-state index is 0.216. The first kappa shape index (κ1) is 12.3. The lowest BCUT2D eigenvalue weighted by Gasteiger charge is -2.21. The molecule has 0 bridgehead atoms. The molecular weight excluding hydrogens is 248 g/mol. The summed E-state index contributed by atoms with van der Waals surface area (Å²) >= 11 is 5.91. The van der Waals surface area contributed by atoms with E-state index in [2.05, 4.69) is 10.2 Å². The summed E-state index contributed by atoms with van der Waals surface area (Å²) in [5.41, 5.74) is 0.888. The molecule has 0 aliphatic carbocycles. The van der Waals surface area contributed by atoms with Crippen LogP contribution in [0.5, 0.6) is 5.75 Å². The van der Waals surface area contributed by atoms with Crippen molar-refractivity contribution in [3.63, 3.8) is 0 Å². The molecule has 0 saturated carbocycles. The summed E-state index contributed by atoms with van der Waals surface area (Å²) in [4.78, 5) is 2.58. The number of phenolic OH excluding ortho intramolecular Hbond substituents is 1. The van der Waals surface area contributed by atoms with Crippen molar-refractivity contribution in [2.24, 2.45) is 0 Å². The van der Waals surface area contributed by atoms with Gasteiger partial charge in [-0.3, -0.25) is 4.90 Å². The standard InChI is InChI=1S/C14H19ClN2O/c15-11-4-1-3-10(14(11)18)9-16-12-6-8-17-7-2-5-13(12)17/h1,3-4,12-13,16,18H,2,5-9H2. The lowest BCUT2D eigenvalue weighted by atomic mass is 10.1. The van der Waals surface area contributed by atoms with Crippen molar-refractivity contribution in [3.05, 3.63) is 28.8 Å². The molecule has 2 atom stereocenters. The van der Waals surface area contributed by atoms with Crippen LogP contribution in [0.4, 0.5) is 0 Å². The Labute approximate surface area is 113 Å². The van der Waals surface area contributed by atoms with Gasteiger partial charge in [-0.2, -0.15) is 0 Å². The van der Waals surface area contributed by atoms with Gasteiger partial charge in [0, 0.05) is 30.7 Å². The van der Waals surface area contributed by atoms with Gasteiger partial charge < -0.3 is 10.4 Å². The van der Waals surface area contributed by atoms with Crippen molar-refractivity contribution >= 4 is 11.6 Å². The van der Waals surface area contributed by atoms with E-state index in [1.807, 2.05) is 12.1 Å². The molecule has 2 heterocycles. The van der Waals surface area contributed by atoms with Crippen LogP contribution in [-0.4, -0.2) is 35.2 Å². The highest BCUT2D eigenvalue weighted by Gasteiger charge is 2.36. The second-order valence-electron chi connectivity index (χ2n) is 5.27. The number of fused-ring (bicyclic) bond motifs is 1. The van der Waals surface area contributed by atoms with E-state index in [1.54, 1.807) is 6.07 Å². The number of hydrogen-bond donors (Lipinski definition) is 2. The third kappa shape index (κ3) is 2.22. The summed E-state index contributed by atoms with van der Waals surface area (Å²) in [6.45, 7) is 3.16. The Hall–Kier alpha value is -0.770. The van der Waals surface area contributed by atoms with E-state index in [9.17, 15) is 5.11 Å². The molecule has 0 aromatic heterocycles. The highest BCUT2D eigenvalue weighted by atomic mass is 35.5. The van der Waals surface area contributed by atoms with Gasteiger partial charge in [0.15, 0.2) is 0 Å². The first-order valence-electron chi connectivity index (χ1n) is 6.69. The van der Waals surface area contributed by atoms with Crippen molar-refractivity contribution in [2.45, 2.75) is 37.9 Å². The van der Waals surface area contributed by atoms with Gasteiger partial charge in [-0.25, -0.2) is 0 Å². The predicted molar refractivity (Wildman–Crippen MR) is 73.0 cm³/mol. The number of nitrogens with zero attached hydrogens (tertiary/aromatic N) is 1. The van der Waals surface area contributed by atoms with Crippen LogP contribution in [0.2, 0.25) is 5.02 Å². The molecule has 2 aliphatic rings. The van der Waals surface area contributed by atoms with Gasteiger partial charge >= 0.3 is 0 Å². The number of nitrogens with one attached hydrogen (secondary N) is 1. The molecule has 2 aliphatic heterocycles. The molecule has 0 radical (unpaired) electrons. The van der Waals surface area contributed by atoms with E-state index in [-0.39, 0.29) is 5.75 Å². The molecule has 98 valence electrons. The van der Waals surface area contributed by atoms with Gasteiger partial charge in [-0.15, -0.1) is 0 Å². The zero-order valence-electron chi connectivity index (χ0n) is 10.4. The highest BCUT2D eigenvalue weighted by Crippen LogP contribution is 2.30. The monoisotopic (exact) mass is 266 g/mol. The fourth-order valence-corrected chi connectivity index (χ4v) is 3.46. The van der Waals surface area contributed by atoms with Gasteiger partial charge in [0.05, 0.1) is 5.02 Å². The molecule has 0 spiro atoms. The van der Waals surface area contributed by atoms with Crippen LogP contribution in [0, 0.1) is 0 Å². The minimum atomic E-state index is 0.216. The average Bonchev–Trinajstić information content (AvgIpc) is 2.94. The van der Waals surface area contributed by atoms with E-state index < -0.39 is 0 Å². The number of hydrogen-bond acceptors (Lipinski definition) is 3. The van der Waals surface area contributed by atoms with Crippen LogP contribution in [-0.2, 0) is 6.54 Å². The molecule has 1 aromatic rings. The smallest absolute Gasteiger partial charge is 0.138 e. The number of para-hydroxylation sites is 1. The Morgan fingerprint density at radius 1 is 1.33 bits per heavy atom. The van der Waals surface area contributed by atoms with Gasteiger partial charge in [0.1, 0.15) is 5.75 Å². The van der Waals surface area contributed by atoms with Crippen molar-refractivity contribution in [1.29, 1.82) is 0 Å². The Bertz CT molecular complexity index is 438. The molecule has 2 saturated heterocycles. The van der Waals surface area contributed by atoms with Crippen molar-refractivity contribution in [2.75, 3.05) is 13.1 Å². The molecular formula is C14H19ClN2O. The van der Waals surface area contributed by atoms with Crippen LogP contribution in [0.3, 0.4) is 0 Å². The van der Waals surface area contributed by atoms with Crippen LogP contribution < -0.4 is 5.32 Å². The molecule has 3 nitrogen and oxygen atoms in total. The molecule has 18 heavy (non-hydrogen) atoms. The lowest BCUT2D eigenvalue weighted by Crippen LogP contribution is -2.38. The first-order chi connectivity index (χ1) is 8.75.